The molecule has 1 aromatic carbocycles. The Bertz CT molecular complexity index is 1400. The predicted molar refractivity (Wildman–Crippen MR) is 119 cm³/mol. The number of imidazole rings is 1. The third-order valence-electron chi connectivity index (χ3n) is 5.66. The zero-order chi connectivity index (χ0) is 24.5. The highest BCUT2D eigenvalue weighted by molar-refractivity contribution is 6.04. The van der Waals surface area contributed by atoms with Crippen molar-refractivity contribution >= 4 is 23.3 Å². The van der Waals surface area contributed by atoms with Crippen molar-refractivity contribution < 1.29 is 27.6 Å². The molecule has 0 atom stereocenters. The Hall–Kier alpha value is -4.35. The minimum Gasteiger partial charge on any atom is -0.443 e. The second kappa shape index (κ2) is 9.12. The van der Waals surface area contributed by atoms with Crippen molar-refractivity contribution in [1.29, 1.82) is 0 Å². The summed E-state index contributed by atoms with van der Waals surface area (Å²) in [6.45, 7) is 1.40. The highest BCUT2D eigenvalue weighted by atomic mass is 19.3. The molecule has 3 aromatic heterocycles. The Labute approximate surface area is 197 Å². The number of halogens is 2. The minimum absolute atomic E-state index is 0.213. The van der Waals surface area contributed by atoms with Crippen LogP contribution in [0.4, 0.5) is 19.3 Å². The molecule has 180 valence electrons. The first-order valence-corrected chi connectivity index (χ1v) is 10.8. The van der Waals surface area contributed by atoms with Gasteiger partial charge in [0.1, 0.15) is 11.3 Å². The summed E-state index contributed by atoms with van der Waals surface area (Å²) in [7, 11) is 0. The first-order valence-electron chi connectivity index (χ1n) is 10.8. The number of likely N-dealkylation sites (tertiary alicyclic amines) is 1. The quantitative estimate of drug-likeness (QED) is 0.445. The Morgan fingerprint density at radius 1 is 1.26 bits per heavy atom. The number of ether oxygens (including phenoxy) is 1. The van der Waals surface area contributed by atoms with Gasteiger partial charge in [-0.25, -0.2) is 18.6 Å². The van der Waals surface area contributed by atoms with Crippen LogP contribution >= 0.6 is 0 Å². The number of carbonyl (C=O) groups excluding carboxylic acids is 2. The second-order valence-corrected chi connectivity index (χ2v) is 8.08. The Morgan fingerprint density at radius 2 is 2.09 bits per heavy atom. The topological polar surface area (TPSA) is 115 Å². The number of aromatic nitrogens is 4. The number of hydrogen-bond acceptors (Lipinski definition) is 7. The summed E-state index contributed by atoms with van der Waals surface area (Å²) >= 11 is 0. The molecule has 12 heteroatoms. The molecule has 0 bridgehead atoms. The fraction of sp³-hybridized carbons (Fsp3) is 0.261. The van der Waals surface area contributed by atoms with Crippen molar-refractivity contribution in [2.75, 3.05) is 25.0 Å². The summed E-state index contributed by atoms with van der Waals surface area (Å²) in [5.41, 5.74) is 3.12. The van der Waals surface area contributed by atoms with Gasteiger partial charge in [0.2, 0.25) is 11.7 Å². The van der Waals surface area contributed by atoms with Crippen molar-refractivity contribution in [1.82, 2.24) is 24.4 Å². The van der Waals surface area contributed by atoms with Gasteiger partial charge in [0.15, 0.2) is 6.61 Å². The van der Waals surface area contributed by atoms with Crippen molar-refractivity contribution in [3.63, 3.8) is 0 Å². The molecule has 0 spiro atoms. The standard InChI is InChI=1S/C23H20F2N6O4/c1-13-5-6-14(8-16(13)27-21(32)17-9-26-19-4-2-3-7-31(17)19)20-28-22(35-29-20)15-10-30(11-15)23(33)34-12-18(24)25/h2-9,15,18H,10-12H2,1H3,(H,27,32). The van der Waals surface area contributed by atoms with Crippen molar-refractivity contribution in [2.24, 2.45) is 0 Å². The largest absolute Gasteiger partial charge is 0.443 e. The SMILES string of the molecule is Cc1ccc(-c2noc(C3CN(C(=O)OCC(F)F)C3)n2)cc1NC(=O)c1cnc2ccccn12. The van der Waals surface area contributed by atoms with Crippen LogP contribution in [0, 0.1) is 6.92 Å². The van der Waals surface area contributed by atoms with Crippen LogP contribution in [0.25, 0.3) is 17.0 Å². The number of nitrogens with zero attached hydrogens (tertiary/aromatic N) is 5. The van der Waals surface area contributed by atoms with Crippen LogP contribution in [0.3, 0.4) is 0 Å². The third-order valence-corrected chi connectivity index (χ3v) is 5.66. The smallest absolute Gasteiger partial charge is 0.410 e. The van der Waals surface area contributed by atoms with Crippen LogP contribution in [0.5, 0.6) is 0 Å². The molecule has 0 saturated carbocycles. The number of aryl methyl sites for hydroxylation is 1. The maximum atomic E-state index is 12.9. The van der Waals surface area contributed by atoms with Gasteiger partial charge in [-0.05, 0) is 30.7 Å². The second-order valence-electron chi connectivity index (χ2n) is 8.08. The molecule has 1 saturated heterocycles. The van der Waals surface area contributed by atoms with Crippen LogP contribution < -0.4 is 5.32 Å². The molecule has 1 aliphatic rings. The summed E-state index contributed by atoms with van der Waals surface area (Å²) in [5, 5.41) is 6.92. The lowest BCUT2D eigenvalue weighted by molar-refractivity contribution is 0.0169. The van der Waals surface area contributed by atoms with Crippen LogP contribution in [0.1, 0.15) is 27.9 Å². The number of anilines is 1. The van der Waals surface area contributed by atoms with E-state index >= 15 is 0 Å². The number of carbonyl (C=O) groups is 2. The monoisotopic (exact) mass is 482 g/mol. The van der Waals surface area contributed by atoms with Gasteiger partial charge in [-0.1, -0.05) is 23.4 Å². The molecular formula is C23H20F2N6O4. The van der Waals surface area contributed by atoms with Gasteiger partial charge in [0, 0.05) is 30.5 Å². The molecule has 35 heavy (non-hydrogen) atoms. The van der Waals surface area contributed by atoms with E-state index in [9.17, 15) is 18.4 Å². The number of amides is 2. The van der Waals surface area contributed by atoms with Gasteiger partial charge in [-0.15, -0.1) is 0 Å². The molecule has 4 aromatic rings. The number of alkyl halides is 2. The minimum atomic E-state index is -2.71. The Balaban J connectivity index is 1.27. The number of rotatable bonds is 6. The van der Waals surface area contributed by atoms with E-state index in [1.807, 2.05) is 37.3 Å². The summed E-state index contributed by atoms with van der Waals surface area (Å²) in [5.74, 6) is 0.125. The molecule has 0 aliphatic carbocycles. The fourth-order valence-electron chi connectivity index (χ4n) is 3.71. The van der Waals surface area contributed by atoms with E-state index < -0.39 is 19.1 Å². The number of pyridine rings is 1. The number of hydrogen-bond donors (Lipinski definition) is 1. The summed E-state index contributed by atoms with van der Waals surface area (Å²) in [6.07, 6.45) is -0.230. The van der Waals surface area contributed by atoms with E-state index in [0.29, 0.717) is 34.3 Å². The van der Waals surface area contributed by atoms with Crippen molar-refractivity contribution in [3.8, 4) is 11.4 Å². The lowest BCUT2D eigenvalue weighted by Gasteiger charge is -2.35. The van der Waals surface area contributed by atoms with E-state index in [0.717, 1.165) is 5.56 Å². The molecule has 0 radical (unpaired) electrons. The maximum Gasteiger partial charge on any atom is 0.410 e. The lowest BCUT2D eigenvalue weighted by atomic mass is 10.0. The molecule has 0 unspecified atom stereocenters. The Kier molecular flexibility index (Phi) is 5.85. The summed E-state index contributed by atoms with van der Waals surface area (Å²) < 4.78 is 35.9. The predicted octanol–water partition coefficient (Wildman–Crippen LogP) is 3.75. The molecule has 2 amide bonds. The molecule has 1 N–H and O–H groups in total. The van der Waals surface area contributed by atoms with Crippen LogP contribution in [-0.4, -0.2) is 62.5 Å². The highest BCUT2D eigenvalue weighted by Gasteiger charge is 2.37. The summed E-state index contributed by atoms with van der Waals surface area (Å²) in [6, 6.07) is 10.9. The third kappa shape index (κ3) is 4.54. The number of nitrogens with one attached hydrogen (secondary N) is 1. The van der Waals surface area contributed by atoms with Crippen molar-refractivity contribution in [3.05, 3.63) is 65.9 Å². The maximum absolute atomic E-state index is 12.9. The van der Waals surface area contributed by atoms with Crippen molar-refractivity contribution in [2.45, 2.75) is 19.3 Å². The molecular weight excluding hydrogens is 462 g/mol. The number of fused-ring (bicyclic) bond motifs is 1. The average Bonchev–Trinajstić information content (AvgIpc) is 3.46. The van der Waals surface area contributed by atoms with Gasteiger partial charge < -0.3 is 19.5 Å². The normalized spacial score (nSPS) is 13.8. The van der Waals surface area contributed by atoms with E-state index in [4.69, 9.17) is 4.52 Å². The van der Waals surface area contributed by atoms with E-state index in [1.165, 1.54) is 11.1 Å². The van der Waals surface area contributed by atoms with Gasteiger partial charge in [0.25, 0.3) is 12.3 Å². The lowest BCUT2D eigenvalue weighted by Crippen LogP contribution is -2.49. The van der Waals surface area contributed by atoms with Crippen LogP contribution in [0.15, 0.2) is 53.3 Å². The average molecular weight is 482 g/mol. The summed E-state index contributed by atoms with van der Waals surface area (Å²) in [4.78, 5) is 34.5. The molecule has 5 rings (SSSR count). The first-order chi connectivity index (χ1) is 16.9. The van der Waals surface area contributed by atoms with Gasteiger partial charge in [0.05, 0.1) is 12.1 Å². The first kappa shape index (κ1) is 22.4. The fourth-order valence-corrected chi connectivity index (χ4v) is 3.71. The molecule has 1 aliphatic heterocycles. The zero-order valence-electron chi connectivity index (χ0n) is 18.5. The molecule has 10 nitrogen and oxygen atoms in total. The van der Waals surface area contributed by atoms with Crippen LogP contribution in [0.2, 0.25) is 0 Å². The van der Waals surface area contributed by atoms with Gasteiger partial charge in [-0.2, -0.15) is 4.98 Å². The number of benzene rings is 1. The van der Waals surface area contributed by atoms with E-state index in [1.54, 1.807) is 16.7 Å². The van der Waals surface area contributed by atoms with Gasteiger partial charge in [-0.3, -0.25) is 9.20 Å². The molecule has 1 fully saturated rings. The Morgan fingerprint density at radius 3 is 2.89 bits per heavy atom. The zero-order valence-corrected chi connectivity index (χ0v) is 18.5. The van der Waals surface area contributed by atoms with Gasteiger partial charge >= 0.3 is 6.09 Å². The highest BCUT2D eigenvalue weighted by Crippen LogP contribution is 2.29. The molecule has 4 heterocycles. The van der Waals surface area contributed by atoms with E-state index in [2.05, 4.69) is 25.2 Å². The van der Waals surface area contributed by atoms with Crippen LogP contribution in [-0.2, 0) is 4.74 Å². The van der Waals surface area contributed by atoms with E-state index in [-0.39, 0.29) is 24.9 Å².